The molecule has 0 aliphatic carbocycles. The van der Waals surface area contributed by atoms with E-state index in [0.717, 1.165) is 0 Å². The molecule has 108 valence electrons. The fourth-order valence-electron chi connectivity index (χ4n) is 1.85. The van der Waals surface area contributed by atoms with Crippen LogP contribution in [0.2, 0.25) is 0 Å². The van der Waals surface area contributed by atoms with E-state index in [1.807, 2.05) is 6.07 Å². The third-order valence-corrected chi connectivity index (χ3v) is 2.96. The van der Waals surface area contributed by atoms with Crippen LogP contribution in [-0.4, -0.2) is 22.5 Å². The number of nitrogens with zero attached hydrogens (tertiary/aromatic N) is 1. The van der Waals surface area contributed by atoms with E-state index in [2.05, 4.69) is 5.32 Å². The molecule has 1 amide bonds. The Morgan fingerprint density at radius 2 is 1.90 bits per heavy atom. The Morgan fingerprint density at radius 3 is 2.57 bits per heavy atom. The van der Waals surface area contributed by atoms with Gasteiger partial charge in [0.05, 0.1) is 11.0 Å². The minimum absolute atomic E-state index is 0.0333. The number of hydrogen-bond donors (Lipinski definition) is 2. The lowest BCUT2D eigenvalue weighted by Gasteiger charge is -2.12. The topological polar surface area (TPSA) is 92.5 Å². The van der Waals surface area contributed by atoms with Gasteiger partial charge in [-0.1, -0.05) is 36.4 Å². The van der Waals surface area contributed by atoms with Crippen LogP contribution in [0.5, 0.6) is 0 Å². The maximum Gasteiger partial charge on any atom is 0.270 e. The van der Waals surface area contributed by atoms with Crippen molar-refractivity contribution in [3.05, 3.63) is 75.8 Å². The molecule has 1 unspecified atom stereocenters. The van der Waals surface area contributed by atoms with Gasteiger partial charge >= 0.3 is 0 Å². The molecule has 6 nitrogen and oxygen atoms in total. The van der Waals surface area contributed by atoms with Crippen LogP contribution < -0.4 is 5.32 Å². The SMILES string of the molecule is O=C(NCC(O)c1ccccc1)c1cccc([N+](=O)[O-])c1. The van der Waals surface area contributed by atoms with Crippen LogP contribution >= 0.6 is 0 Å². The zero-order chi connectivity index (χ0) is 15.2. The van der Waals surface area contributed by atoms with Crippen LogP contribution in [0.4, 0.5) is 5.69 Å². The first-order valence-electron chi connectivity index (χ1n) is 6.33. The van der Waals surface area contributed by atoms with Gasteiger partial charge in [0.2, 0.25) is 0 Å². The fraction of sp³-hybridized carbons (Fsp3) is 0.133. The highest BCUT2D eigenvalue weighted by molar-refractivity contribution is 5.94. The van der Waals surface area contributed by atoms with Gasteiger partial charge in [-0.05, 0) is 11.6 Å². The Kier molecular flexibility index (Phi) is 4.63. The predicted octanol–water partition coefficient (Wildman–Crippen LogP) is 2.06. The average molecular weight is 286 g/mol. The summed E-state index contributed by atoms with van der Waals surface area (Å²) in [4.78, 5) is 22.0. The lowest BCUT2D eigenvalue weighted by molar-refractivity contribution is -0.384. The Bertz CT molecular complexity index is 643. The number of nitro groups is 1. The van der Waals surface area contributed by atoms with Gasteiger partial charge in [-0.25, -0.2) is 0 Å². The standard InChI is InChI=1S/C15H14N2O4/c18-14(11-5-2-1-3-6-11)10-16-15(19)12-7-4-8-13(9-12)17(20)21/h1-9,14,18H,10H2,(H,16,19). The first-order valence-corrected chi connectivity index (χ1v) is 6.33. The van der Waals surface area contributed by atoms with Gasteiger partial charge in [0, 0.05) is 24.2 Å². The number of aliphatic hydroxyl groups is 1. The highest BCUT2D eigenvalue weighted by atomic mass is 16.6. The van der Waals surface area contributed by atoms with Crippen molar-refractivity contribution in [2.75, 3.05) is 6.54 Å². The molecule has 0 aromatic heterocycles. The first kappa shape index (κ1) is 14.7. The number of non-ortho nitro benzene ring substituents is 1. The van der Waals surface area contributed by atoms with Crippen LogP contribution in [0, 0.1) is 10.1 Å². The third kappa shape index (κ3) is 3.87. The lowest BCUT2D eigenvalue weighted by atomic mass is 10.1. The normalized spacial score (nSPS) is 11.7. The van der Waals surface area contributed by atoms with E-state index in [9.17, 15) is 20.0 Å². The summed E-state index contributed by atoms with van der Waals surface area (Å²) in [6.45, 7) is 0.0333. The molecule has 2 aromatic rings. The molecule has 0 spiro atoms. The van der Waals surface area contributed by atoms with E-state index in [4.69, 9.17) is 0 Å². The van der Waals surface area contributed by atoms with Gasteiger partial charge in [-0.2, -0.15) is 0 Å². The molecule has 1 atom stereocenters. The molecule has 6 heteroatoms. The van der Waals surface area contributed by atoms with Crippen molar-refractivity contribution in [1.29, 1.82) is 0 Å². The van der Waals surface area contributed by atoms with Gasteiger partial charge in [-0.15, -0.1) is 0 Å². The van der Waals surface area contributed by atoms with E-state index in [1.165, 1.54) is 24.3 Å². The smallest absolute Gasteiger partial charge is 0.270 e. The van der Waals surface area contributed by atoms with E-state index in [0.29, 0.717) is 5.56 Å². The second kappa shape index (κ2) is 6.62. The largest absolute Gasteiger partial charge is 0.387 e. The molecule has 0 radical (unpaired) electrons. The second-order valence-corrected chi connectivity index (χ2v) is 4.44. The summed E-state index contributed by atoms with van der Waals surface area (Å²) in [6.07, 6.45) is -0.825. The van der Waals surface area contributed by atoms with Crippen molar-refractivity contribution >= 4 is 11.6 Å². The van der Waals surface area contributed by atoms with Crippen LogP contribution in [0.3, 0.4) is 0 Å². The number of rotatable bonds is 5. The monoisotopic (exact) mass is 286 g/mol. The zero-order valence-corrected chi connectivity index (χ0v) is 11.1. The summed E-state index contributed by atoms with van der Waals surface area (Å²) in [5.41, 5.74) is 0.729. The van der Waals surface area contributed by atoms with E-state index in [-0.39, 0.29) is 17.8 Å². The van der Waals surface area contributed by atoms with Gasteiger partial charge in [-0.3, -0.25) is 14.9 Å². The number of carbonyl (C=O) groups excluding carboxylic acids is 1. The molecule has 0 heterocycles. The molecule has 2 N–H and O–H groups in total. The number of nitrogens with one attached hydrogen (secondary N) is 1. The van der Waals surface area contributed by atoms with Crippen molar-refractivity contribution < 1.29 is 14.8 Å². The molecule has 21 heavy (non-hydrogen) atoms. The Morgan fingerprint density at radius 1 is 1.19 bits per heavy atom. The van der Waals surface area contributed by atoms with Crippen LogP contribution in [0.1, 0.15) is 22.0 Å². The first-order chi connectivity index (χ1) is 10.1. The van der Waals surface area contributed by atoms with E-state index < -0.39 is 16.9 Å². The minimum atomic E-state index is -0.825. The number of hydrogen-bond acceptors (Lipinski definition) is 4. The number of carbonyl (C=O) groups is 1. The average Bonchev–Trinajstić information content (AvgIpc) is 2.53. The third-order valence-electron chi connectivity index (χ3n) is 2.96. The number of nitro benzene ring substituents is 1. The fourth-order valence-corrected chi connectivity index (χ4v) is 1.85. The summed E-state index contributed by atoms with van der Waals surface area (Å²) in [5.74, 6) is -0.464. The summed E-state index contributed by atoms with van der Waals surface area (Å²) in [5, 5.41) is 23.1. The lowest BCUT2D eigenvalue weighted by Crippen LogP contribution is -2.28. The highest BCUT2D eigenvalue weighted by Crippen LogP contribution is 2.14. The summed E-state index contributed by atoms with van der Waals surface area (Å²) in [6, 6.07) is 14.4. The number of amides is 1. The molecule has 0 fully saturated rings. The summed E-state index contributed by atoms with van der Waals surface area (Å²) >= 11 is 0. The molecule has 0 aliphatic heterocycles. The van der Waals surface area contributed by atoms with Crippen LogP contribution in [-0.2, 0) is 0 Å². The predicted molar refractivity (Wildman–Crippen MR) is 76.8 cm³/mol. The number of aliphatic hydroxyl groups excluding tert-OH is 1. The molecule has 0 saturated heterocycles. The van der Waals surface area contributed by atoms with Crippen molar-refractivity contribution in [3.8, 4) is 0 Å². The molecule has 2 rings (SSSR count). The molecular formula is C15H14N2O4. The van der Waals surface area contributed by atoms with Gasteiger partial charge in [0.25, 0.3) is 11.6 Å². The van der Waals surface area contributed by atoms with Gasteiger partial charge in [0.1, 0.15) is 0 Å². The highest BCUT2D eigenvalue weighted by Gasteiger charge is 2.13. The molecule has 0 saturated carbocycles. The van der Waals surface area contributed by atoms with E-state index in [1.54, 1.807) is 24.3 Å². The van der Waals surface area contributed by atoms with Crippen molar-refractivity contribution in [2.45, 2.75) is 6.10 Å². The number of benzene rings is 2. The summed E-state index contributed by atoms with van der Waals surface area (Å²) in [7, 11) is 0. The second-order valence-electron chi connectivity index (χ2n) is 4.44. The molecular weight excluding hydrogens is 272 g/mol. The van der Waals surface area contributed by atoms with Gasteiger partial charge < -0.3 is 10.4 Å². The van der Waals surface area contributed by atoms with Crippen LogP contribution in [0.15, 0.2) is 54.6 Å². The maximum absolute atomic E-state index is 11.9. The van der Waals surface area contributed by atoms with Gasteiger partial charge in [0.15, 0.2) is 0 Å². The quantitative estimate of drug-likeness (QED) is 0.650. The molecule has 0 bridgehead atoms. The minimum Gasteiger partial charge on any atom is -0.387 e. The molecule has 2 aromatic carbocycles. The van der Waals surface area contributed by atoms with Crippen molar-refractivity contribution in [1.82, 2.24) is 5.32 Å². The van der Waals surface area contributed by atoms with Crippen molar-refractivity contribution in [3.63, 3.8) is 0 Å². The maximum atomic E-state index is 11.9. The Hall–Kier alpha value is -2.73. The van der Waals surface area contributed by atoms with Crippen LogP contribution in [0.25, 0.3) is 0 Å². The Labute approximate surface area is 121 Å². The van der Waals surface area contributed by atoms with E-state index >= 15 is 0 Å². The molecule has 0 aliphatic rings. The Balaban J connectivity index is 1.99. The summed E-state index contributed by atoms with van der Waals surface area (Å²) < 4.78 is 0. The van der Waals surface area contributed by atoms with Crippen molar-refractivity contribution in [2.24, 2.45) is 0 Å². The zero-order valence-electron chi connectivity index (χ0n) is 11.1.